The fourth-order valence-corrected chi connectivity index (χ4v) is 3.93. The zero-order valence-electron chi connectivity index (χ0n) is 18.3. The van der Waals surface area contributed by atoms with Gasteiger partial charge in [-0.05, 0) is 49.4 Å². The molecule has 10 heteroatoms. The Kier molecular flexibility index (Phi) is 6.38. The third-order valence-electron chi connectivity index (χ3n) is 5.33. The Morgan fingerprint density at radius 1 is 1.12 bits per heavy atom. The number of nitrogens with one attached hydrogen (secondary N) is 1. The van der Waals surface area contributed by atoms with Crippen LogP contribution in [-0.2, 0) is 4.79 Å². The molecule has 0 radical (unpaired) electrons. The zero-order chi connectivity index (χ0) is 24.4. The number of methoxy groups -OCH3 is 1. The number of nitro benzene ring substituents is 1. The summed E-state index contributed by atoms with van der Waals surface area (Å²) < 4.78 is 11.1. The van der Waals surface area contributed by atoms with Crippen molar-refractivity contribution in [1.29, 1.82) is 0 Å². The van der Waals surface area contributed by atoms with Crippen LogP contribution in [0.15, 0.2) is 60.7 Å². The van der Waals surface area contributed by atoms with Gasteiger partial charge in [0.05, 0.1) is 23.4 Å². The number of hydrogen-bond acceptors (Lipinski definition) is 6. The van der Waals surface area contributed by atoms with E-state index < -0.39 is 11.0 Å². The van der Waals surface area contributed by atoms with E-state index >= 15 is 0 Å². The summed E-state index contributed by atoms with van der Waals surface area (Å²) in [5.41, 5.74) is 1.13. The molecule has 0 saturated heterocycles. The summed E-state index contributed by atoms with van der Waals surface area (Å²) in [7, 11) is 1.40. The third-order valence-corrected chi connectivity index (χ3v) is 5.56. The van der Waals surface area contributed by atoms with Crippen molar-refractivity contribution in [2.24, 2.45) is 0 Å². The first-order valence-electron chi connectivity index (χ1n) is 10.3. The molecule has 4 rings (SSSR count). The molecular weight excluding hydrogens is 462 g/mol. The molecule has 1 atom stereocenters. The van der Waals surface area contributed by atoms with Crippen molar-refractivity contribution in [3.8, 4) is 17.2 Å². The summed E-state index contributed by atoms with van der Waals surface area (Å²) in [6, 6.07) is 15.3. The van der Waals surface area contributed by atoms with Gasteiger partial charge in [0.2, 0.25) is 11.7 Å². The van der Waals surface area contributed by atoms with Crippen molar-refractivity contribution in [1.82, 2.24) is 0 Å². The lowest BCUT2D eigenvalue weighted by Gasteiger charge is -2.28. The van der Waals surface area contributed by atoms with E-state index in [1.165, 1.54) is 43.5 Å². The number of fused-ring (bicyclic) bond motifs is 1. The van der Waals surface area contributed by atoms with Crippen LogP contribution < -0.4 is 19.7 Å². The number of halogens is 1. The van der Waals surface area contributed by atoms with Gasteiger partial charge in [-0.1, -0.05) is 23.7 Å². The van der Waals surface area contributed by atoms with Gasteiger partial charge in [-0.3, -0.25) is 19.7 Å². The van der Waals surface area contributed by atoms with Gasteiger partial charge in [-0.15, -0.1) is 0 Å². The minimum Gasteiger partial charge on any atom is -0.493 e. The van der Waals surface area contributed by atoms with Crippen molar-refractivity contribution in [2.45, 2.75) is 19.4 Å². The number of amides is 2. The van der Waals surface area contributed by atoms with Crippen LogP contribution in [0.3, 0.4) is 0 Å². The first-order chi connectivity index (χ1) is 16.3. The van der Waals surface area contributed by atoms with Crippen LogP contribution in [0.25, 0.3) is 0 Å². The summed E-state index contributed by atoms with van der Waals surface area (Å²) in [5, 5.41) is 14.4. The third kappa shape index (κ3) is 4.51. The molecule has 174 valence electrons. The summed E-state index contributed by atoms with van der Waals surface area (Å²) >= 11 is 5.87. The van der Waals surface area contributed by atoms with Crippen LogP contribution in [0.1, 0.15) is 23.7 Å². The summed E-state index contributed by atoms with van der Waals surface area (Å²) in [6.07, 6.45) is 0.138. The van der Waals surface area contributed by atoms with Crippen molar-refractivity contribution >= 4 is 40.5 Å². The number of nitro groups is 1. The highest BCUT2D eigenvalue weighted by Crippen LogP contribution is 2.39. The predicted octanol–water partition coefficient (Wildman–Crippen LogP) is 5.43. The second-order valence-corrected chi connectivity index (χ2v) is 8.07. The van der Waals surface area contributed by atoms with Crippen LogP contribution in [0, 0.1) is 10.1 Å². The van der Waals surface area contributed by atoms with Gasteiger partial charge in [0.25, 0.3) is 5.91 Å². The quantitative estimate of drug-likeness (QED) is 0.384. The number of ether oxygens (including phenoxy) is 2. The molecule has 0 unspecified atom stereocenters. The molecule has 0 aliphatic carbocycles. The van der Waals surface area contributed by atoms with Gasteiger partial charge in [0, 0.05) is 29.1 Å². The van der Waals surface area contributed by atoms with Crippen molar-refractivity contribution < 1.29 is 24.0 Å². The molecule has 34 heavy (non-hydrogen) atoms. The van der Waals surface area contributed by atoms with E-state index in [-0.39, 0.29) is 46.2 Å². The Labute approximate surface area is 200 Å². The lowest BCUT2D eigenvalue weighted by molar-refractivity contribution is -0.385. The monoisotopic (exact) mass is 481 g/mol. The lowest BCUT2D eigenvalue weighted by Crippen LogP contribution is -2.39. The van der Waals surface area contributed by atoms with E-state index in [9.17, 15) is 19.7 Å². The van der Waals surface area contributed by atoms with Crippen molar-refractivity contribution in [3.05, 3.63) is 81.4 Å². The first kappa shape index (κ1) is 23.1. The van der Waals surface area contributed by atoms with Crippen LogP contribution in [0.4, 0.5) is 17.1 Å². The van der Waals surface area contributed by atoms with Gasteiger partial charge in [0.15, 0.2) is 11.5 Å². The number of anilines is 2. The Balaban J connectivity index is 1.69. The molecule has 0 spiro atoms. The molecule has 1 heterocycles. The molecule has 1 aliphatic heterocycles. The van der Waals surface area contributed by atoms with Gasteiger partial charge >= 0.3 is 5.69 Å². The highest BCUT2D eigenvalue weighted by molar-refractivity contribution is 6.30. The fourth-order valence-electron chi connectivity index (χ4n) is 3.76. The van der Waals surface area contributed by atoms with Gasteiger partial charge < -0.3 is 19.7 Å². The number of rotatable bonds is 5. The second kappa shape index (κ2) is 9.40. The Hall–Kier alpha value is -4.11. The number of carbonyl (C=O) groups excluding carboxylic acids is 2. The molecule has 0 fully saturated rings. The maximum atomic E-state index is 13.5. The Morgan fingerprint density at radius 3 is 2.59 bits per heavy atom. The smallest absolute Gasteiger partial charge is 0.313 e. The maximum absolute atomic E-state index is 13.5. The van der Waals surface area contributed by atoms with E-state index in [1.807, 2.05) is 0 Å². The van der Waals surface area contributed by atoms with E-state index in [0.717, 1.165) is 0 Å². The largest absolute Gasteiger partial charge is 0.493 e. The first-order valence-corrected chi connectivity index (χ1v) is 10.7. The van der Waals surface area contributed by atoms with Gasteiger partial charge in [-0.25, -0.2) is 0 Å². The van der Waals surface area contributed by atoms with E-state index in [0.29, 0.717) is 16.9 Å². The average Bonchev–Trinajstić information content (AvgIpc) is 2.93. The highest BCUT2D eigenvalue weighted by Gasteiger charge is 2.31. The molecule has 0 saturated carbocycles. The average molecular weight is 482 g/mol. The van der Waals surface area contributed by atoms with Crippen LogP contribution in [-0.4, -0.2) is 29.9 Å². The fraction of sp³-hybridized carbons (Fsp3) is 0.167. The zero-order valence-corrected chi connectivity index (χ0v) is 19.0. The number of nitrogens with zero attached hydrogens (tertiary/aromatic N) is 2. The minimum atomic E-state index is -0.598. The Morgan fingerprint density at radius 2 is 1.85 bits per heavy atom. The van der Waals surface area contributed by atoms with Crippen LogP contribution in [0.5, 0.6) is 17.2 Å². The van der Waals surface area contributed by atoms with Gasteiger partial charge in [-0.2, -0.15) is 0 Å². The molecule has 2 amide bonds. The van der Waals surface area contributed by atoms with Crippen molar-refractivity contribution in [3.63, 3.8) is 0 Å². The minimum absolute atomic E-state index is 0.0218. The Bertz CT molecular complexity index is 1300. The number of benzene rings is 3. The number of para-hydroxylation sites is 2. The van der Waals surface area contributed by atoms with Crippen molar-refractivity contribution in [2.75, 3.05) is 17.3 Å². The molecule has 0 bridgehead atoms. The molecule has 0 aromatic heterocycles. The van der Waals surface area contributed by atoms with Gasteiger partial charge in [0.1, 0.15) is 0 Å². The molecule has 3 aromatic carbocycles. The van der Waals surface area contributed by atoms with E-state index in [2.05, 4.69) is 5.32 Å². The van der Waals surface area contributed by atoms with E-state index in [4.69, 9.17) is 21.1 Å². The number of hydrogen-bond donors (Lipinski definition) is 1. The summed E-state index contributed by atoms with van der Waals surface area (Å²) in [5.74, 6) is -0.142. The van der Waals surface area contributed by atoms with Crippen LogP contribution >= 0.6 is 11.6 Å². The lowest BCUT2D eigenvalue weighted by atomic mass is 10.1. The maximum Gasteiger partial charge on any atom is 0.313 e. The van der Waals surface area contributed by atoms with E-state index in [1.54, 1.807) is 36.1 Å². The predicted molar refractivity (Wildman–Crippen MR) is 127 cm³/mol. The molecule has 3 aromatic rings. The molecule has 1 N–H and O–H groups in total. The van der Waals surface area contributed by atoms with Crippen LogP contribution in [0.2, 0.25) is 5.02 Å². The molecule has 1 aliphatic rings. The summed E-state index contributed by atoms with van der Waals surface area (Å²) in [6.45, 7) is 1.80. The second-order valence-electron chi connectivity index (χ2n) is 7.63. The highest BCUT2D eigenvalue weighted by atomic mass is 35.5. The molecule has 9 nitrogen and oxygen atoms in total. The summed E-state index contributed by atoms with van der Waals surface area (Å²) in [4.78, 5) is 38.1. The standard InChI is InChI=1S/C24H20ClN3O6/c1-14-11-23(29)26-17-5-3-4-6-18(17)27(14)24(30)15-7-9-21(22(12-15)33-2)34-20-10-8-16(25)13-19(20)28(31)32/h3-10,12-14H,11H2,1-2H3,(H,26,29)/t14-/m0/s1. The SMILES string of the molecule is COc1cc(C(=O)N2c3ccccc3NC(=O)C[C@@H]2C)ccc1Oc1ccc(Cl)cc1[N+](=O)[O-]. The normalized spacial score (nSPS) is 15.1. The topological polar surface area (TPSA) is 111 Å². The molecular formula is C24H20ClN3O6. The number of carbonyl (C=O) groups is 2.